The molecule has 24 heavy (non-hydrogen) atoms. The number of hydrazine groups is 1. The van der Waals surface area contributed by atoms with Gasteiger partial charge in [-0.05, 0) is 37.0 Å². The number of sulfonamides is 1. The van der Waals surface area contributed by atoms with E-state index < -0.39 is 16.0 Å². The molecule has 0 saturated heterocycles. The van der Waals surface area contributed by atoms with E-state index in [4.69, 9.17) is 11.6 Å². The average Bonchev–Trinajstić information content (AvgIpc) is 2.53. The molecule has 0 atom stereocenters. The highest BCUT2D eigenvalue weighted by atomic mass is 35.5. The number of halogens is 2. The molecule has 3 N–H and O–H groups in total. The molecule has 9 heteroatoms. The Morgan fingerprint density at radius 1 is 1.29 bits per heavy atom. The van der Waals surface area contributed by atoms with Crippen molar-refractivity contribution in [1.82, 2.24) is 10.3 Å². The minimum absolute atomic E-state index is 0. The van der Waals surface area contributed by atoms with Gasteiger partial charge < -0.3 is 5.11 Å². The first kappa shape index (κ1) is 21.2. The van der Waals surface area contributed by atoms with Crippen LogP contribution in [0.1, 0.15) is 54.9 Å². The van der Waals surface area contributed by atoms with E-state index in [0.717, 1.165) is 32.1 Å². The van der Waals surface area contributed by atoms with Crippen molar-refractivity contribution in [3.63, 3.8) is 0 Å². The highest BCUT2D eigenvalue weighted by molar-refractivity contribution is 7.89. The number of rotatable bonds is 6. The van der Waals surface area contributed by atoms with E-state index >= 15 is 0 Å². The smallest absolute Gasteiger partial charge is 0.336 e. The molecule has 136 valence electrons. The second kappa shape index (κ2) is 9.01. The molecule has 0 unspecified atom stereocenters. The number of hydrogen-bond acceptors (Lipinski definition) is 4. The molecule has 0 aliphatic heterocycles. The van der Waals surface area contributed by atoms with Gasteiger partial charge in [-0.1, -0.05) is 37.8 Å². The Morgan fingerprint density at radius 3 is 2.46 bits per heavy atom. The van der Waals surface area contributed by atoms with Crippen LogP contribution in [0.4, 0.5) is 0 Å². The summed E-state index contributed by atoms with van der Waals surface area (Å²) in [5, 5.41) is 9.26. The molecule has 1 aliphatic carbocycles. The second-order valence-corrected chi connectivity index (χ2v) is 7.67. The van der Waals surface area contributed by atoms with Crippen LogP contribution in [0.15, 0.2) is 17.0 Å². The summed E-state index contributed by atoms with van der Waals surface area (Å²) in [4.78, 5) is 13.5. The molecule has 0 spiro atoms. The Bertz CT molecular complexity index is 689. The van der Waals surface area contributed by atoms with Crippen molar-refractivity contribution in [3.05, 3.63) is 28.3 Å². The first-order valence-corrected chi connectivity index (χ1v) is 9.55. The summed E-state index contributed by atoms with van der Waals surface area (Å²) in [6.45, 7) is 1.70. The summed E-state index contributed by atoms with van der Waals surface area (Å²) in [7, 11) is -3.95. The van der Waals surface area contributed by atoms with Gasteiger partial charge in [0.1, 0.15) is 4.90 Å². The third-order valence-corrected chi connectivity index (χ3v) is 5.89. The maximum atomic E-state index is 12.6. The zero-order valence-electron chi connectivity index (χ0n) is 13.3. The number of carbonyl (C=O) groups is 1. The van der Waals surface area contributed by atoms with Crippen LogP contribution in [0.2, 0.25) is 5.02 Å². The Labute approximate surface area is 153 Å². The number of carboxylic acids is 1. The number of hydrogen-bond donors (Lipinski definition) is 3. The van der Waals surface area contributed by atoms with Gasteiger partial charge in [0.2, 0.25) is 0 Å². The third-order valence-electron chi connectivity index (χ3n) is 4.07. The molecule has 1 aromatic rings. The van der Waals surface area contributed by atoms with Gasteiger partial charge >= 0.3 is 5.97 Å². The highest BCUT2D eigenvalue weighted by Crippen LogP contribution is 2.29. The Hall–Kier alpha value is -0.860. The Morgan fingerprint density at radius 2 is 1.92 bits per heavy atom. The van der Waals surface area contributed by atoms with Crippen molar-refractivity contribution in [3.8, 4) is 0 Å². The second-order valence-electron chi connectivity index (χ2n) is 5.65. The summed E-state index contributed by atoms with van der Waals surface area (Å²) < 4.78 is 25.2. The fourth-order valence-electron chi connectivity index (χ4n) is 2.90. The van der Waals surface area contributed by atoms with Gasteiger partial charge in [-0.25, -0.2) is 18.6 Å². The molecule has 1 aliphatic rings. The lowest BCUT2D eigenvalue weighted by Crippen LogP contribution is -2.45. The lowest BCUT2D eigenvalue weighted by molar-refractivity contribution is 0.0695. The first-order valence-electron chi connectivity index (χ1n) is 7.68. The molecule has 0 aromatic heterocycles. The van der Waals surface area contributed by atoms with Crippen LogP contribution >= 0.6 is 24.0 Å². The van der Waals surface area contributed by atoms with Crippen molar-refractivity contribution in [2.75, 3.05) is 0 Å². The quantitative estimate of drug-likeness (QED) is 0.641. The lowest BCUT2D eigenvalue weighted by atomic mass is 9.96. The number of nitrogens with one attached hydrogen (secondary N) is 2. The van der Waals surface area contributed by atoms with Crippen molar-refractivity contribution in [1.29, 1.82) is 0 Å². The fraction of sp³-hybridized carbons (Fsp3) is 0.533. The van der Waals surface area contributed by atoms with Crippen molar-refractivity contribution in [2.24, 2.45) is 0 Å². The predicted molar refractivity (Wildman–Crippen MR) is 95.4 cm³/mol. The maximum Gasteiger partial charge on any atom is 0.336 e. The monoisotopic (exact) mass is 396 g/mol. The van der Waals surface area contributed by atoms with Crippen LogP contribution in [-0.4, -0.2) is 25.5 Å². The third kappa shape index (κ3) is 4.83. The topological polar surface area (TPSA) is 95.5 Å². The molecule has 0 radical (unpaired) electrons. The zero-order valence-corrected chi connectivity index (χ0v) is 15.7. The average molecular weight is 397 g/mol. The summed E-state index contributed by atoms with van der Waals surface area (Å²) in [6, 6.07) is 2.72. The standard InChI is InChI=1S/C15H21ClN2O4S.ClH/c1-2-11-12(15(19)20)8-9-13(16)14(11)23(21,22)18-17-10-6-4-3-5-7-10;/h8-10,17-18H,2-7H2,1H3,(H,19,20);1H. The fourth-order valence-corrected chi connectivity index (χ4v) is 4.71. The molecule has 1 saturated carbocycles. The van der Waals surface area contributed by atoms with Crippen molar-refractivity contribution in [2.45, 2.75) is 56.4 Å². The lowest BCUT2D eigenvalue weighted by Gasteiger charge is -2.23. The number of carboxylic acid groups (broad SMARTS) is 1. The van der Waals surface area contributed by atoms with Gasteiger partial charge in [-0.3, -0.25) is 0 Å². The Balaban J connectivity index is 0.00000288. The van der Waals surface area contributed by atoms with E-state index in [-0.39, 0.29) is 45.9 Å². The van der Waals surface area contributed by atoms with Crippen LogP contribution in [0, 0.1) is 0 Å². The van der Waals surface area contributed by atoms with Crippen LogP contribution in [0.3, 0.4) is 0 Å². The van der Waals surface area contributed by atoms with Gasteiger partial charge in [0.05, 0.1) is 10.6 Å². The van der Waals surface area contributed by atoms with Gasteiger partial charge in [0, 0.05) is 6.04 Å². The van der Waals surface area contributed by atoms with E-state index in [1.165, 1.54) is 12.1 Å². The largest absolute Gasteiger partial charge is 0.478 e. The molecular formula is C15H22Cl2N2O4S. The molecule has 1 fully saturated rings. The van der Waals surface area contributed by atoms with Gasteiger partial charge in [0.15, 0.2) is 0 Å². The van der Waals surface area contributed by atoms with E-state index in [2.05, 4.69) is 10.3 Å². The highest BCUT2D eigenvalue weighted by Gasteiger charge is 2.26. The molecule has 0 heterocycles. The minimum atomic E-state index is -3.95. The maximum absolute atomic E-state index is 12.6. The molecule has 0 amide bonds. The zero-order chi connectivity index (χ0) is 17.0. The normalized spacial score (nSPS) is 15.8. The van der Waals surface area contributed by atoms with E-state index in [1.807, 2.05) is 0 Å². The molecule has 0 bridgehead atoms. The van der Waals surface area contributed by atoms with Crippen LogP contribution in [0.25, 0.3) is 0 Å². The molecule has 1 aromatic carbocycles. The van der Waals surface area contributed by atoms with Gasteiger partial charge in [-0.15, -0.1) is 17.2 Å². The molecule has 2 rings (SSSR count). The van der Waals surface area contributed by atoms with Crippen LogP contribution in [0.5, 0.6) is 0 Å². The SMILES string of the molecule is CCc1c(C(=O)O)ccc(Cl)c1S(=O)(=O)NNC1CCCCC1.Cl. The molecular weight excluding hydrogens is 375 g/mol. The van der Waals surface area contributed by atoms with Crippen molar-refractivity contribution < 1.29 is 18.3 Å². The summed E-state index contributed by atoms with van der Waals surface area (Å²) in [6.07, 6.45) is 5.36. The summed E-state index contributed by atoms with van der Waals surface area (Å²) in [5.74, 6) is -1.17. The number of aromatic carboxylic acids is 1. The van der Waals surface area contributed by atoms with E-state index in [1.54, 1.807) is 6.92 Å². The van der Waals surface area contributed by atoms with Gasteiger partial charge in [-0.2, -0.15) is 0 Å². The van der Waals surface area contributed by atoms with E-state index in [9.17, 15) is 18.3 Å². The number of benzene rings is 1. The predicted octanol–water partition coefficient (Wildman–Crippen LogP) is 3.14. The summed E-state index contributed by atoms with van der Waals surface area (Å²) in [5.41, 5.74) is 3.01. The molecule has 6 nitrogen and oxygen atoms in total. The minimum Gasteiger partial charge on any atom is -0.478 e. The Kier molecular flexibility index (Phi) is 7.95. The van der Waals surface area contributed by atoms with Crippen molar-refractivity contribution >= 4 is 40.0 Å². The van der Waals surface area contributed by atoms with Gasteiger partial charge in [0.25, 0.3) is 10.0 Å². The first-order chi connectivity index (χ1) is 10.9. The van der Waals surface area contributed by atoms with E-state index in [0.29, 0.717) is 0 Å². The van der Waals surface area contributed by atoms with Crippen LogP contribution in [-0.2, 0) is 16.4 Å². The van der Waals surface area contributed by atoms with Crippen LogP contribution < -0.4 is 10.3 Å². The summed E-state index contributed by atoms with van der Waals surface area (Å²) >= 11 is 6.05.